The van der Waals surface area contributed by atoms with Crippen LogP contribution >= 0.6 is 23.5 Å². The number of benzene rings is 3. The highest BCUT2D eigenvalue weighted by Crippen LogP contribution is 2.25. The summed E-state index contributed by atoms with van der Waals surface area (Å²) in [6.45, 7) is 8.55. The molecule has 0 unspecified atom stereocenters. The second-order valence-corrected chi connectivity index (χ2v) is 24.5. The fraction of sp³-hybridized carbons (Fsp3) is 0.508. The van der Waals surface area contributed by atoms with Crippen LogP contribution < -0.4 is 58.9 Å². The highest BCUT2D eigenvalue weighted by molar-refractivity contribution is 7.98. The molecule has 8 rings (SSSR count). The molecule has 5 aliphatic heterocycles. The van der Waals surface area contributed by atoms with Crippen molar-refractivity contribution in [2.24, 2.45) is 5.73 Å². The molecule has 0 radical (unpaired) electrons. The van der Waals surface area contributed by atoms with Gasteiger partial charge in [0.2, 0.25) is 76.8 Å². The van der Waals surface area contributed by atoms with Gasteiger partial charge in [0, 0.05) is 42.5 Å². The predicted molar refractivity (Wildman–Crippen MR) is 323 cm³/mol. The molecule has 0 saturated carbocycles. The Bertz CT molecular complexity index is 3140. The Kier molecular flexibility index (Phi) is 23.1. The number of primary amides is 1. The maximum absolute atomic E-state index is 14.7. The summed E-state index contributed by atoms with van der Waals surface area (Å²) in [7, 11) is 0. The van der Waals surface area contributed by atoms with Gasteiger partial charge in [-0.3, -0.25) is 62.3 Å². The zero-order valence-electron chi connectivity index (χ0n) is 49.4. The van der Waals surface area contributed by atoms with E-state index in [9.17, 15) is 62.3 Å². The third-order valence-electron chi connectivity index (χ3n) is 15.5. The van der Waals surface area contributed by atoms with Gasteiger partial charge in [0.15, 0.2) is 0 Å². The summed E-state index contributed by atoms with van der Waals surface area (Å²) in [5, 5.41) is 27.9. The number of amides is 13. The molecular formula is C59H77N13O13S2. The largest absolute Gasteiger partial charge is 0.368 e. The average molecular weight is 1240 g/mol. The summed E-state index contributed by atoms with van der Waals surface area (Å²) in [6, 6.07) is 4.71. The van der Waals surface area contributed by atoms with E-state index in [1.807, 2.05) is 36.4 Å². The third-order valence-corrected chi connectivity index (χ3v) is 17.7. The first-order chi connectivity index (χ1) is 41.4. The molecule has 2 saturated heterocycles. The fourth-order valence-electron chi connectivity index (χ4n) is 10.5. The lowest BCUT2D eigenvalue weighted by atomic mass is 10.0. The highest BCUT2D eigenvalue weighted by Gasteiger charge is 2.41. The van der Waals surface area contributed by atoms with Crippen molar-refractivity contribution in [3.05, 3.63) is 83.4 Å². The Morgan fingerprint density at radius 2 is 0.885 bits per heavy atom. The van der Waals surface area contributed by atoms with E-state index in [4.69, 9.17) is 5.73 Å². The lowest BCUT2D eigenvalue weighted by molar-refractivity contribution is -0.142. The highest BCUT2D eigenvalue weighted by atomic mass is 32.2. The van der Waals surface area contributed by atoms with Crippen molar-refractivity contribution in [1.29, 1.82) is 0 Å². The number of carbonyl (C=O) groups excluding carboxylic acids is 13. The van der Waals surface area contributed by atoms with E-state index < -0.39 is 156 Å². The predicted octanol–water partition coefficient (Wildman–Crippen LogP) is -1.60. The van der Waals surface area contributed by atoms with Crippen molar-refractivity contribution in [1.82, 2.24) is 63.0 Å². The first-order valence-electron chi connectivity index (χ1n) is 29.0. The minimum absolute atomic E-state index is 0.0157. The Morgan fingerprint density at radius 3 is 1.36 bits per heavy atom. The van der Waals surface area contributed by atoms with Crippen molar-refractivity contribution in [2.75, 3.05) is 24.6 Å². The molecule has 0 aromatic heterocycles. The van der Waals surface area contributed by atoms with Gasteiger partial charge in [-0.05, 0) is 94.7 Å². The topological polar surface area (TPSA) is 375 Å². The van der Waals surface area contributed by atoms with Crippen molar-refractivity contribution in [3.63, 3.8) is 0 Å². The van der Waals surface area contributed by atoms with E-state index in [1.165, 1.54) is 74.9 Å². The Balaban J connectivity index is 1.25. The molecule has 3 aromatic carbocycles. The third kappa shape index (κ3) is 17.9. The van der Waals surface area contributed by atoms with E-state index in [0.29, 0.717) is 29.9 Å². The quantitative estimate of drug-likeness (QED) is 0.132. The van der Waals surface area contributed by atoms with Crippen LogP contribution in [0.1, 0.15) is 90.3 Å². The second kappa shape index (κ2) is 30.4. The van der Waals surface area contributed by atoms with Gasteiger partial charge >= 0.3 is 0 Å². The molecule has 3 aromatic rings. The van der Waals surface area contributed by atoms with Gasteiger partial charge in [-0.2, -0.15) is 23.5 Å². The second-order valence-electron chi connectivity index (χ2n) is 22.4. The van der Waals surface area contributed by atoms with Crippen LogP contribution in [0.2, 0.25) is 0 Å². The van der Waals surface area contributed by atoms with Gasteiger partial charge in [0.1, 0.15) is 72.5 Å². The number of nitrogens with one attached hydrogen (secondary N) is 10. The number of nitrogens with zero attached hydrogens (tertiary/aromatic N) is 2. The SMILES string of the molecule is C[C@@H]1NC(=O)[C@H](C)NC(=O)[C@@H]2CSCc3ccc4cc(ccc4c3)CSC[C@H](NC(=O)[C@H](C)NC(=O)[C@@H]3CCCN3C(=O)[C@H](C)NC1=O)C(=O)N[C@@H](Cc1ccccc1)C(=O)N[C@H](C(N)=O)CC(=O)N[C@@H](C)C(=O)N1CCC[C@H]1C(=O)N[C@@H](C)C(=O)N2. The molecule has 468 valence electrons. The van der Waals surface area contributed by atoms with Crippen LogP contribution in [0, 0.1) is 0 Å². The van der Waals surface area contributed by atoms with Crippen molar-refractivity contribution in [3.8, 4) is 0 Å². The number of nitrogens with two attached hydrogens (primary N) is 1. The summed E-state index contributed by atoms with van der Waals surface area (Å²) in [4.78, 5) is 183. The monoisotopic (exact) mass is 1240 g/mol. The average Bonchev–Trinajstić information content (AvgIpc) is 4.30. The molecule has 87 heavy (non-hydrogen) atoms. The van der Waals surface area contributed by atoms with Crippen molar-refractivity contribution < 1.29 is 62.3 Å². The maximum atomic E-state index is 14.7. The molecule has 0 spiro atoms. The van der Waals surface area contributed by atoms with Crippen LogP contribution in [-0.4, -0.2) is 184 Å². The van der Waals surface area contributed by atoms with Crippen LogP contribution in [0.25, 0.3) is 10.8 Å². The first-order valence-corrected chi connectivity index (χ1v) is 31.3. The van der Waals surface area contributed by atoms with Crippen LogP contribution in [-0.2, 0) is 80.3 Å². The summed E-state index contributed by atoms with van der Waals surface area (Å²) in [5.74, 6) is -9.71. The van der Waals surface area contributed by atoms with Crippen molar-refractivity contribution >= 4 is 111 Å². The number of thioether (sulfide) groups is 2. The van der Waals surface area contributed by atoms with Gasteiger partial charge in [0.05, 0.1) is 6.42 Å². The minimum atomic E-state index is -1.67. The summed E-state index contributed by atoms with van der Waals surface area (Å²) in [5.41, 5.74) is 8.05. The molecule has 28 heteroatoms. The number of hydrogen-bond donors (Lipinski definition) is 11. The number of carbonyl (C=O) groups is 13. The molecule has 12 atom stereocenters. The van der Waals surface area contributed by atoms with E-state index in [2.05, 4.69) is 53.2 Å². The van der Waals surface area contributed by atoms with E-state index in [0.717, 1.165) is 21.9 Å². The lowest BCUT2D eigenvalue weighted by Crippen LogP contribution is -2.60. The number of rotatable bonds is 3. The normalized spacial score (nSPS) is 29.0. The lowest BCUT2D eigenvalue weighted by Gasteiger charge is -2.29. The van der Waals surface area contributed by atoms with Gasteiger partial charge in [-0.1, -0.05) is 66.7 Å². The van der Waals surface area contributed by atoms with Gasteiger partial charge in [-0.25, -0.2) is 0 Å². The Labute approximate surface area is 512 Å². The Hall–Kier alpha value is -8.27. The van der Waals surface area contributed by atoms with Gasteiger partial charge < -0.3 is 68.7 Å². The van der Waals surface area contributed by atoms with E-state index in [-0.39, 0.29) is 43.9 Å². The number of fused-ring (bicyclic) bond motifs is 15. The zero-order chi connectivity index (χ0) is 63.2. The van der Waals surface area contributed by atoms with E-state index in [1.54, 1.807) is 30.3 Å². The fourth-order valence-corrected chi connectivity index (χ4v) is 12.5. The molecule has 5 aliphatic rings. The summed E-state index contributed by atoms with van der Waals surface area (Å²) >= 11 is 2.59. The van der Waals surface area contributed by atoms with E-state index >= 15 is 0 Å². The molecule has 13 amide bonds. The Morgan fingerprint density at radius 1 is 0.471 bits per heavy atom. The first kappa shape index (κ1) is 66.3. The van der Waals surface area contributed by atoms with Crippen LogP contribution in [0.15, 0.2) is 66.7 Å². The van der Waals surface area contributed by atoms with Crippen LogP contribution in [0.3, 0.4) is 0 Å². The number of hydrogen-bond acceptors (Lipinski definition) is 15. The molecule has 5 heterocycles. The van der Waals surface area contributed by atoms with Gasteiger partial charge in [0.25, 0.3) is 0 Å². The molecule has 12 N–H and O–H groups in total. The summed E-state index contributed by atoms with van der Waals surface area (Å²) in [6.07, 6.45) is 0.307. The van der Waals surface area contributed by atoms with Crippen LogP contribution in [0.5, 0.6) is 0 Å². The molecule has 2 fully saturated rings. The molecule has 26 nitrogen and oxygen atoms in total. The maximum Gasteiger partial charge on any atom is 0.245 e. The molecule has 0 aliphatic carbocycles. The smallest absolute Gasteiger partial charge is 0.245 e. The summed E-state index contributed by atoms with van der Waals surface area (Å²) < 4.78 is 0. The standard InChI is InChI=1S/C59H77N13O13S2/c1-30-50(76)66-35(6)59(85)72-21-11-15-46(72)57(83)65-33(4)52(78)70-44-29-87-27-38-17-19-39-22-37(16-18-40(39)23-38)26-86-28-43(54(80)63-31(2)49(75)62-30)69-51(77)32(3)64-56(82)45-14-10-20-71(45)58(84)34(5)61-47(73)25-41(48(60)74)67-53(79)42(68-55(44)81)24-36-12-8-7-9-13-36/h7-9,12-13,16-19,22-23,30-35,41-46H,10-11,14-15,20-21,24-29H2,1-6H3,(H2,60,74)(H,61,73)(H,62,75)(H,63,80)(H,64,82)(H,65,83)(H,66,76)(H,67,79)(H,68,81)(H,69,77)(H,70,78)/t30-,31-,32-,33-,34-,35-,41-,42-,43-,44-,45-,46-/m0/s1. The van der Waals surface area contributed by atoms with Crippen LogP contribution in [0.4, 0.5) is 0 Å². The molecule has 6 bridgehead atoms. The zero-order valence-corrected chi connectivity index (χ0v) is 51.0. The van der Waals surface area contributed by atoms with Crippen molar-refractivity contribution in [2.45, 2.75) is 164 Å². The molecular weight excluding hydrogens is 1160 g/mol. The minimum Gasteiger partial charge on any atom is -0.368 e. The van der Waals surface area contributed by atoms with Gasteiger partial charge in [-0.15, -0.1) is 0 Å².